The van der Waals surface area contributed by atoms with Crippen LogP contribution in [0.3, 0.4) is 0 Å². The number of carbonyl (C=O) groups is 1. The molecule has 0 fully saturated rings. The zero-order valence-corrected chi connectivity index (χ0v) is 9.75. The van der Waals surface area contributed by atoms with E-state index >= 15 is 0 Å². The summed E-state index contributed by atoms with van der Waals surface area (Å²) < 4.78 is 6.94. The molecule has 5 nitrogen and oxygen atoms in total. The number of ketones is 1. The van der Waals surface area contributed by atoms with Gasteiger partial charge in [-0.25, -0.2) is 9.67 Å². The maximum Gasteiger partial charge on any atom is 0.159 e. The Hall–Kier alpha value is -2.17. The monoisotopic (exact) mass is 231 g/mol. The molecule has 0 amide bonds. The molecular weight excluding hydrogens is 218 g/mol. The Kier molecular flexibility index (Phi) is 3.18. The van der Waals surface area contributed by atoms with Crippen LogP contribution >= 0.6 is 0 Å². The van der Waals surface area contributed by atoms with E-state index in [2.05, 4.69) is 10.1 Å². The molecule has 1 heterocycles. The van der Waals surface area contributed by atoms with Gasteiger partial charge in [0.2, 0.25) is 0 Å². The minimum absolute atomic E-state index is 0.0347. The smallest absolute Gasteiger partial charge is 0.159 e. The average Bonchev–Trinajstić information content (AvgIpc) is 2.81. The summed E-state index contributed by atoms with van der Waals surface area (Å²) in [4.78, 5) is 15.2. The van der Waals surface area contributed by atoms with Crippen molar-refractivity contribution >= 4 is 5.78 Å². The van der Waals surface area contributed by atoms with Crippen LogP contribution in [0.4, 0.5) is 0 Å². The lowest BCUT2D eigenvalue weighted by Crippen LogP contribution is -2.04. The molecule has 0 saturated carbocycles. The van der Waals surface area contributed by atoms with Gasteiger partial charge in [0.05, 0.1) is 13.7 Å². The zero-order valence-electron chi connectivity index (χ0n) is 9.75. The second-order valence-electron chi connectivity index (χ2n) is 3.68. The van der Waals surface area contributed by atoms with Crippen LogP contribution < -0.4 is 4.74 Å². The number of aromatic nitrogens is 3. The van der Waals surface area contributed by atoms with E-state index in [9.17, 15) is 4.79 Å². The van der Waals surface area contributed by atoms with Crippen LogP contribution in [-0.4, -0.2) is 27.7 Å². The van der Waals surface area contributed by atoms with E-state index in [-0.39, 0.29) is 5.78 Å². The number of carbonyl (C=O) groups excluding carboxylic acids is 1. The molecule has 0 unspecified atom stereocenters. The highest BCUT2D eigenvalue weighted by atomic mass is 16.5. The second-order valence-corrected chi connectivity index (χ2v) is 3.68. The Morgan fingerprint density at radius 3 is 2.88 bits per heavy atom. The predicted octanol–water partition coefficient (Wildman–Crippen LogP) is 1.54. The van der Waals surface area contributed by atoms with Crippen molar-refractivity contribution in [2.75, 3.05) is 7.11 Å². The maximum absolute atomic E-state index is 11.3. The summed E-state index contributed by atoms with van der Waals surface area (Å²) in [6.07, 6.45) is 3.10. The fourth-order valence-electron chi connectivity index (χ4n) is 1.61. The van der Waals surface area contributed by atoms with Crippen molar-refractivity contribution in [1.29, 1.82) is 0 Å². The van der Waals surface area contributed by atoms with Crippen molar-refractivity contribution in [1.82, 2.24) is 14.8 Å². The predicted molar refractivity (Wildman–Crippen MR) is 62.1 cm³/mol. The van der Waals surface area contributed by atoms with Gasteiger partial charge in [0.15, 0.2) is 5.78 Å². The van der Waals surface area contributed by atoms with Gasteiger partial charge in [-0.2, -0.15) is 5.10 Å². The molecule has 1 aromatic carbocycles. The molecule has 0 aliphatic carbocycles. The highest BCUT2D eigenvalue weighted by molar-refractivity contribution is 5.94. The number of hydrogen-bond acceptors (Lipinski definition) is 4. The van der Waals surface area contributed by atoms with Crippen LogP contribution in [0.2, 0.25) is 0 Å². The fourth-order valence-corrected chi connectivity index (χ4v) is 1.61. The van der Waals surface area contributed by atoms with Crippen LogP contribution in [0.1, 0.15) is 22.8 Å². The molecule has 0 saturated heterocycles. The first-order valence-electron chi connectivity index (χ1n) is 5.21. The van der Waals surface area contributed by atoms with Gasteiger partial charge in [-0.05, 0) is 25.1 Å². The Morgan fingerprint density at radius 1 is 1.47 bits per heavy atom. The summed E-state index contributed by atoms with van der Waals surface area (Å²) in [6, 6.07) is 5.37. The van der Waals surface area contributed by atoms with Crippen LogP contribution in [0, 0.1) is 0 Å². The van der Waals surface area contributed by atoms with E-state index < -0.39 is 0 Å². The van der Waals surface area contributed by atoms with Crippen LogP contribution in [0.15, 0.2) is 30.9 Å². The Bertz CT molecular complexity index is 521. The third kappa shape index (κ3) is 2.50. The van der Waals surface area contributed by atoms with E-state index in [1.165, 1.54) is 6.33 Å². The van der Waals surface area contributed by atoms with E-state index in [1.54, 1.807) is 37.2 Å². The lowest BCUT2D eigenvalue weighted by atomic mass is 10.1. The van der Waals surface area contributed by atoms with E-state index in [1.807, 2.05) is 6.07 Å². The number of rotatable bonds is 4. The summed E-state index contributed by atoms with van der Waals surface area (Å²) in [7, 11) is 1.60. The maximum atomic E-state index is 11.3. The Balaban J connectivity index is 2.35. The van der Waals surface area contributed by atoms with Crippen LogP contribution in [-0.2, 0) is 6.54 Å². The average molecular weight is 231 g/mol. The van der Waals surface area contributed by atoms with Crippen molar-refractivity contribution < 1.29 is 9.53 Å². The summed E-state index contributed by atoms with van der Waals surface area (Å²) >= 11 is 0. The third-order valence-corrected chi connectivity index (χ3v) is 2.49. The molecule has 5 heteroatoms. The van der Waals surface area contributed by atoms with Gasteiger partial charge in [-0.3, -0.25) is 4.79 Å². The number of hydrogen-bond donors (Lipinski definition) is 0. The number of methoxy groups -OCH3 is 1. The van der Waals surface area contributed by atoms with Gasteiger partial charge in [0, 0.05) is 11.1 Å². The molecule has 0 bridgehead atoms. The molecule has 1 aromatic heterocycles. The van der Waals surface area contributed by atoms with Crippen molar-refractivity contribution in [2.24, 2.45) is 0 Å². The van der Waals surface area contributed by atoms with Crippen molar-refractivity contribution in [3.63, 3.8) is 0 Å². The van der Waals surface area contributed by atoms with E-state index in [0.29, 0.717) is 12.1 Å². The topological polar surface area (TPSA) is 57.0 Å². The normalized spacial score (nSPS) is 10.2. The zero-order chi connectivity index (χ0) is 12.3. The minimum atomic E-state index is 0.0347. The summed E-state index contributed by atoms with van der Waals surface area (Å²) in [5.74, 6) is 0.776. The number of Topliss-reactive ketones (excluding diaryl/α,β-unsaturated/α-hetero) is 1. The standard InChI is InChI=1S/C12H13N3O2/c1-9(16)10-3-4-12(17-2)11(5-10)6-15-8-13-7-14-15/h3-5,7-8H,6H2,1-2H3. The largest absolute Gasteiger partial charge is 0.496 e. The fraction of sp³-hybridized carbons (Fsp3) is 0.250. The molecule has 0 N–H and O–H groups in total. The van der Waals surface area contributed by atoms with Crippen LogP contribution in [0.25, 0.3) is 0 Å². The minimum Gasteiger partial charge on any atom is -0.496 e. The van der Waals surface area contributed by atoms with E-state index in [4.69, 9.17) is 4.74 Å². The van der Waals surface area contributed by atoms with Gasteiger partial charge in [0.25, 0.3) is 0 Å². The highest BCUT2D eigenvalue weighted by Gasteiger charge is 2.08. The van der Waals surface area contributed by atoms with Crippen molar-refractivity contribution in [3.05, 3.63) is 42.0 Å². The van der Waals surface area contributed by atoms with Gasteiger partial charge >= 0.3 is 0 Å². The van der Waals surface area contributed by atoms with Crippen molar-refractivity contribution in [3.8, 4) is 5.75 Å². The molecule has 88 valence electrons. The lowest BCUT2D eigenvalue weighted by molar-refractivity contribution is 0.101. The van der Waals surface area contributed by atoms with Crippen LogP contribution in [0.5, 0.6) is 5.75 Å². The van der Waals surface area contributed by atoms with E-state index in [0.717, 1.165) is 11.3 Å². The van der Waals surface area contributed by atoms with Gasteiger partial charge < -0.3 is 4.74 Å². The number of ether oxygens (including phenoxy) is 1. The van der Waals surface area contributed by atoms with Gasteiger partial charge in [-0.1, -0.05) is 0 Å². The Labute approximate surface area is 99.1 Å². The molecular formula is C12H13N3O2. The van der Waals surface area contributed by atoms with Gasteiger partial charge in [-0.15, -0.1) is 0 Å². The summed E-state index contributed by atoms with van der Waals surface area (Å²) in [5.41, 5.74) is 1.58. The Morgan fingerprint density at radius 2 is 2.29 bits per heavy atom. The molecule has 0 aliphatic heterocycles. The summed E-state index contributed by atoms with van der Waals surface area (Å²) in [5, 5.41) is 4.03. The van der Waals surface area contributed by atoms with Crippen molar-refractivity contribution in [2.45, 2.75) is 13.5 Å². The molecule has 0 radical (unpaired) electrons. The number of nitrogens with zero attached hydrogens (tertiary/aromatic N) is 3. The molecule has 0 atom stereocenters. The molecule has 0 aliphatic rings. The first-order chi connectivity index (χ1) is 8.20. The first-order valence-corrected chi connectivity index (χ1v) is 5.21. The quantitative estimate of drug-likeness (QED) is 0.749. The summed E-state index contributed by atoms with van der Waals surface area (Å²) in [6.45, 7) is 2.07. The third-order valence-electron chi connectivity index (χ3n) is 2.49. The molecule has 2 rings (SSSR count). The SMILES string of the molecule is COc1ccc(C(C)=O)cc1Cn1cncn1. The second kappa shape index (κ2) is 4.78. The van der Waals surface area contributed by atoms with Gasteiger partial charge in [0.1, 0.15) is 18.4 Å². The lowest BCUT2D eigenvalue weighted by Gasteiger charge is -2.09. The highest BCUT2D eigenvalue weighted by Crippen LogP contribution is 2.20. The first kappa shape index (κ1) is 11.3. The molecule has 2 aromatic rings. The molecule has 0 spiro atoms. The number of benzene rings is 1. The molecule has 17 heavy (non-hydrogen) atoms.